The molecule has 0 aromatic rings. The first-order valence-electron chi connectivity index (χ1n) is 42.0. The molecular formula is C84H165NO5. The van der Waals surface area contributed by atoms with E-state index in [1.165, 1.54) is 424 Å². The second-order valence-electron chi connectivity index (χ2n) is 29.2. The van der Waals surface area contributed by atoms with E-state index < -0.39 is 12.1 Å². The SMILES string of the molecule is CCCCCCCCCCCCCCCCCCCCCCC/C=C/C(O)C(CO)NC(=O)CCCCCCCCCCCCCCCCCCCCCCCCCCCCCCCCCCCOC(=O)CCCCCCCCCCCCCCCCCCC. The summed E-state index contributed by atoms with van der Waals surface area (Å²) in [6.07, 6.45) is 102. The van der Waals surface area contributed by atoms with Crippen LogP contribution < -0.4 is 5.32 Å². The van der Waals surface area contributed by atoms with Crippen molar-refractivity contribution >= 4 is 11.9 Å². The van der Waals surface area contributed by atoms with Crippen LogP contribution in [0.4, 0.5) is 0 Å². The summed E-state index contributed by atoms with van der Waals surface area (Å²) in [7, 11) is 0. The van der Waals surface area contributed by atoms with Gasteiger partial charge in [0.25, 0.3) is 0 Å². The predicted molar refractivity (Wildman–Crippen MR) is 398 cm³/mol. The van der Waals surface area contributed by atoms with Crippen molar-refractivity contribution in [1.82, 2.24) is 5.32 Å². The van der Waals surface area contributed by atoms with Crippen LogP contribution in [0.2, 0.25) is 0 Å². The molecule has 0 aromatic carbocycles. The number of unbranched alkanes of at least 4 members (excludes halogenated alkanes) is 69. The molecule has 0 aliphatic heterocycles. The zero-order chi connectivity index (χ0) is 64.9. The molecule has 3 N–H and O–H groups in total. The Balaban J connectivity index is 3.33. The molecule has 0 saturated carbocycles. The van der Waals surface area contributed by atoms with Crippen molar-refractivity contribution in [3.8, 4) is 0 Å². The molecule has 90 heavy (non-hydrogen) atoms. The lowest BCUT2D eigenvalue weighted by Crippen LogP contribution is -2.45. The van der Waals surface area contributed by atoms with E-state index in [0.717, 1.165) is 38.5 Å². The number of carbonyl (C=O) groups is 2. The number of esters is 1. The molecule has 0 aromatic heterocycles. The molecule has 0 saturated heterocycles. The van der Waals surface area contributed by atoms with Gasteiger partial charge in [0.15, 0.2) is 0 Å². The fraction of sp³-hybridized carbons (Fsp3) is 0.952. The van der Waals surface area contributed by atoms with Crippen molar-refractivity contribution in [2.24, 2.45) is 0 Å². The quantitative estimate of drug-likeness (QED) is 0.0320. The molecule has 0 aliphatic carbocycles. The monoisotopic (exact) mass is 1270 g/mol. The Hall–Kier alpha value is -1.40. The minimum Gasteiger partial charge on any atom is -0.466 e. The Bertz CT molecular complexity index is 1370. The lowest BCUT2D eigenvalue weighted by molar-refractivity contribution is -0.143. The van der Waals surface area contributed by atoms with Crippen molar-refractivity contribution in [3.63, 3.8) is 0 Å². The number of ether oxygens (including phenoxy) is 1. The maximum atomic E-state index is 12.6. The van der Waals surface area contributed by atoms with Gasteiger partial charge in [-0.15, -0.1) is 0 Å². The van der Waals surface area contributed by atoms with E-state index in [1.54, 1.807) is 6.08 Å². The Kier molecular flexibility index (Phi) is 78.8. The summed E-state index contributed by atoms with van der Waals surface area (Å²) in [5.74, 6) is -0.0304. The minimum atomic E-state index is -0.842. The molecule has 2 unspecified atom stereocenters. The van der Waals surface area contributed by atoms with Gasteiger partial charge in [0, 0.05) is 12.8 Å². The van der Waals surface area contributed by atoms with Crippen LogP contribution in [0.5, 0.6) is 0 Å². The molecule has 1 amide bonds. The molecular weight excluding hydrogens is 1100 g/mol. The van der Waals surface area contributed by atoms with E-state index in [2.05, 4.69) is 19.2 Å². The summed E-state index contributed by atoms with van der Waals surface area (Å²) in [5.41, 5.74) is 0. The van der Waals surface area contributed by atoms with E-state index in [1.807, 2.05) is 6.08 Å². The zero-order valence-electron chi connectivity index (χ0n) is 61.7. The van der Waals surface area contributed by atoms with Crippen molar-refractivity contribution < 1.29 is 24.5 Å². The topological polar surface area (TPSA) is 95.9 Å². The second-order valence-corrected chi connectivity index (χ2v) is 29.2. The molecule has 6 heteroatoms. The third-order valence-electron chi connectivity index (χ3n) is 20.1. The zero-order valence-corrected chi connectivity index (χ0v) is 61.7. The molecule has 0 spiro atoms. The third-order valence-corrected chi connectivity index (χ3v) is 20.1. The lowest BCUT2D eigenvalue weighted by Gasteiger charge is -2.20. The summed E-state index contributed by atoms with van der Waals surface area (Å²) < 4.78 is 5.52. The van der Waals surface area contributed by atoms with Gasteiger partial charge in [-0.3, -0.25) is 9.59 Å². The van der Waals surface area contributed by atoms with Gasteiger partial charge in [-0.2, -0.15) is 0 Å². The highest BCUT2D eigenvalue weighted by molar-refractivity contribution is 5.76. The van der Waals surface area contributed by atoms with Crippen LogP contribution in [0.1, 0.15) is 489 Å². The molecule has 0 heterocycles. The first kappa shape index (κ1) is 88.6. The van der Waals surface area contributed by atoms with Crippen LogP contribution in [-0.4, -0.2) is 47.4 Å². The maximum Gasteiger partial charge on any atom is 0.305 e. The number of nitrogens with one attached hydrogen (secondary N) is 1. The summed E-state index contributed by atoms with van der Waals surface area (Å²) in [4.78, 5) is 24.7. The molecule has 2 atom stereocenters. The van der Waals surface area contributed by atoms with Crippen molar-refractivity contribution in [1.29, 1.82) is 0 Å². The summed E-state index contributed by atoms with van der Waals surface area (Å²) in [5, 5.41) is 23.3. The van der Waals surface area contributed by atoms with Crippen LogP contribution in [0.15, 0.2) is 12.2 Å². The maximum absolute atomic E-state index is 12.6. The summed E-state index contributed by atoms with van der Waals surface area (Å²) in [6.45, 7) is 4.97. The van der Waals surface area contributed by atoms with Gasteiger partial charge >= 0.3 is 5.97 Å². The van der Waals surface area contributed by atoms with Crippen LogP contribution in [0.25, 0.3) is 0 Å². The van der Waals surface area contributed by atoms with Gasteiger partial charge < -0.3 is 20.3 Å². The Morgan fingerprint density at radius 3 is 0.756 bits per heavy atom. The number of aliphatic hydroxyl groups excluding tert-OH is 2. The highest BCUT2D eigenvalue weighted by atomic mass is 16.5. The lowest BCUT2D eigenvalue weighted by atomic mass is 10.0. The fourth-order valence-corrected chi connectivity index (χ4v) is 13.7. The van der Waals surface area contributed by atoms with Gasteiger partial charge in [-0.1, -0.05) is 456 Å². The average molecular weight is 1270 g/mol. The van der Waals surface area contributed by atoms with Crippen LogP contribution >= 0.6 is 0 Å². The first-order chi connectivity index (χ1) is 44.5. The fourth-order valence-electron chi connectivity index (χ4n) is 13.7. The van der Waals surface area contributed by atoms with Gasteiger partial charge in [0.2, 0.25) is 5.91 Å². The Labute approximate surface area is 565 Å². The van der Waals surface area contributed by atoms with Gasteiger partial charge in [-0.05, 0) is 32.1 Å². The number of amides is 1. The Morgan fingerprint density at radius 2 is 0.511 bits per heavy atom. The van der Waals surface area contributed by atoms with Gasteiger partial charge in [0.1, 0.15) is 0 Å². The van der Waals surface area contributed by atoms with E-state index in [9.17, 15) is 19.8 Å². The first-order valence-corrected chi connectivity index (χ1v) is 42.0. The van der Waals surface area contributed by atoms with Crippen molar-refractivity contribution in [2.45, 2.75) is 501 Å². The summed E-state index contributed by atoms with van der Waals surface area (Å²) in [6, 6.07) is -0.625. The minimum absolute atomic E-state index is 0.0269. The number of aliphatic hydroxyl groups is 2. The molecule has 6 nitrogen and oxygen atoms in total. The van der Waals surface area contributed by atoms with Gasteiger partial charge in [0.05, 0.1) is 25.4 Å². The number of hydrogen-bond acceptors (Lipinski definition) is 5. The van der Waals surface area contributed by atoms with Crippen LogP contribution in [0.3, 0.4) is 0 Å². The summed E-state index contributed by atoms with van der Waals surface area (Å²) >= 11 is 0. The smallest absolute Gasteiger partial charge is 0.305 e. The predicted octanol–water partition coefficient (Wildman–Crippen LogP) is 27.8. The van der Waals surface area contributed by atoms with Crippen molar-refractivity contribution in [2.75, 3.05) is 13.2 Å². The molecule has 0 aliphatic rings. The average Bonchev–Trinajstić information content (AvgIpc) is 3.69. The Morgan fingerprint density at radius 1 is 0.300 bits per heavy atom. The molecule has 0 fully saturated rings. The van der Waals surface area contributed by atoms with E-state index in [0.29, 0.717) is 19.4 Å². The molecule has 536 valence electrons. The molecule has 0 rings (SSSR count). The molecule has 0 bridgehead atoms. The molecule has 0 radical (unpaired) electrons. The highest BCUT2D eigenvalue weighted by Crippen LogP contribution is 2.21. The third kappa shape index (κ3) is 75.6. The van der Waals surface area contributed by atoms with Crippen LogP contribution in [0, 0.1) is 0 Å². The van der Waals surface area contributed by atoms with Crippen LogP contribution in [-0.2, 0) is 14.3 Å². The van der Waals surface area contributed by atoms with Gasteiger partial charge in [-0.25, -0.2) is 0 Å². The highest BCUT2D eigenvalue weighted by Gasteiger charge is 2.18. The number of hydrogen-bond donors (Lipinski definition) is 3. The van der Waals surface area contributed by atoms with Crippen molar-refractivity contribution in [3.05, 3.63) is 12.2 Å². The number of carbonyl (C=O) groups excluding carboxylic acids is 2. The van der Waals surface area contributed by atoms with E-state index in [-0.39, 0.29) is 18.5 Å². The normalized spacial score (nSPS) is 12.4. The number of rotatable bonds is 80. The largest absolute Gasteiger partial charge is 0.466 e. The van der Waals surface area contributed by atoms with E-state index in [4.69, 9.17) is 4.74 Å². The standard InChI is InChI=1S/C84H165NO5/c1-3-5-7-9-11-13-15-17-19-21-22-23-35-38-41-45-48-52-56-60-64-68-72-76-82(87)81(80-86)85-83(88)77-73-69-65-61-57-53-49-46-42-39-36-33-31-29-27-25-24-26-28-30-32-34-37-40-43-47-51-55-59-63-67-71-75-79-90-84(89)78-74-70-66-62-58-54-50-44-20-18-16-14-12-10-8-6-4-2/h72,76,81-82,86-87H,3-71,73-75,77-80H2,1-2H3,(H,85,88)/b76-72+. The second kappa shape index (κ2) is 80.0. The van der Waals surface area contributed by atoms with E-state index >= 15 is 0 Å². The number of allylic oxidation sites excluding steroid dienone is 1.